The molecule has 0 unspecified atom stereocenters. The highest BCUT2D eigenvalue weighted by Crippen LogP contribution is 2.27. The standard InChI is InChI=1S/C14H20ClNOS/c1-4-13(14(17)16(5-2)6-3)18-12-9-7-11(15)8-10-12/h7-10,13H,4-6H2,1-3H3/t13-/m1/s1. The van der Waals surface area contributed by atoms with Gasteiger partial charge < -0.3 is 4.90 Å². The van der Waals surface area contributed by atoms with Gasteiger partial charge in [0, 0.05) is 23.0 Å². The molecule has 0 saturated carbocycles. The van der Waals surface area contributed by atoms with Gasteiger partial charge in [-0.3, -0.25) is 4.79 Å². The highest BCUT2D eigenvalue weighted by molar-refractivity contribution is 8.00. The quantitative estimate of drug-likeness (QED) is 0.734. The first kappa shape index (κ1) is 15.4. The summed E-state index contributed by atoms with van der Waals surface area (Å²) in [4.78, 5) is 15.3. The Morgan fingerprint density at radius 3 is 2.22 bits per heavy atom. The molecule has 0 radical (unpaired) electrons. The zero-order valence-electron chi connectivity index (χ0n) is 11.1. The summed E-state index contributed by atoms with van der Waals surface area (Å²) in [5, 5.41) is 0.716. The van der Waals surface area contributed by atoms with E-state index in [0.29, 0.717) is 0 Å². The Morgan fingerprint density at radius 2 is 1.78 bits per heavy atom. The van der Waals surface area contributed by atoms with Gasteiger partial charge in [0.2, 0.25) is 5.91 Å². The van der Waals surface area contributed by atoms with E-state index in [1.54, 1.807) is 11.8 Å². The van der Waals surface area contributed by atoms with Crippen LogP contribution < -0.4 is 0 Å². The van der Waals surface area contributed by atoms with E-state index in [1.165, 1.54) is 0 Å². The molecule has 1 aromatic carbocycles. The summed E-state index contributed by atoms with van der Waals surface area (Å²) in [6, 6.07) is 7.65. The van der Waals surface area contributed by atoms with E-state index in [-0.39, 0.29) is 11.2 Å². The van der Waals surface area contributed by atoms with E-state index in [2.05, 4.69) is 6.92 Å². The second kappa shape index (κ2) is 7.70. The molecule has 100 valence electrons. The molecular weight excluding hydrogens is 266 g/mol. The molecule has 1 atom stereocenters. The summed E-state index contributed by atoms with van der Waals surface area (Å²) >= 11 is 7.47. The van der Waals surface area contributed by atoms with Crippen molar-refractivity contribution in [3.63, 3.8) is 0 Å². The second-order valence-electron chi connectivity index (χ2n) is 3.98. The molecule has 1 amide bonds. The molecule has 0 saturated heterocycles. The van der Waals surface area contributed by atoms with Crippen LogP contribution in [0.3, 0.4) is 0 Å². The summed E-state index contributed by atoms with van der Waals surface area (Å²) in [6.45, 7) is 7.62. The Kier molecular flexibility index (Phi) is 6.58. The van der Waals surface area contributed by atoms with Crippen LogP contribution in [0.25, 0.3) is 0 Å². The van der Waals surface area contributed by atoms with Crippen molar-refractivity contribution in [3.8, 4) is 0 Å². The number of nitrogens with zero attached hydrogens (tertiary/aromatic N) is 1. The number of thioether (sulfide) groups is 1. The molecule has 0 spiro atoms. The lowest BCUT2D eigenvalue weighted by Crippen LogP contribution is -2.37. The molecule has 18 heavy (non-hydrogen) atoms. The fraction of sp³-hybridized carbons (Fsp3) is 0.500. The van der Waals surface area contributed by atoms with E-state index < -0.39 is 0 Å². The van der Waals surface area contributed by atoms with Crippen molar-refractivity contribution in [2.24, 2.45) is 0 Å². The van der Waals surface area contributed by atoms with Crippen LogP contribution in [0.2, 0.25) is 5.02 Å². The van der Waals surface area contributed by atoms with E-state index in [9.17, 15) is 4.79 Å². The van der Waals surface area contributed by atoms with Gasteiger partial charge in [-0.05, 0) is 44.5 Å². The Hall–Kier alpha value is -0.670. The molecule has 0 heterocycles. The van der Waals surface area contributed by atoms with Crippen molar-refractivity contribution in [1.82, 2.24) is 4.90 Å². The summed E-state index contributed by atoms with van der Waals surface area (Å²) in [5.74, 6) is 0.224. The maximum absolute atomic E-state index is 12.3. The first-order chi connectivity index (χ1) is 8.62. The largest absolute Gasteiger partial charge is 0.342 e. The molecular formula is C14H20ClNOS. The lowest BCUT2D eigenvalue weighted by molar-refractivity contribution is -0.130. The van der Waals surface area contributed by atoms with Crippen LogP contribution in [-0.4, -0.2) is 29.1 Å². The molecule has 0 aromatic heterocycles. The van der Waals surface area contributed by atoms with Crippen LogP contribution in [0.4, 0.5) is 0 Å². The SMILES string of the molecule is CC[C@@H](Sc1ccc(Cl)cc1)C(=O)N(CC)CC. The van der Waals surface area contributed by atoms with Crippen LogP contribution >= 0.6 is 23.4 Å². The molecule has 1 aromatic rings. The second-order valence-corrected chi connectivity index (χ2v) is 5.69. The smallest absolute Gasteiger partial charge is 0.236 e. The summed E-state index contributed by atoms with van der Waals surface area (Å²) in [6.07, 6.45) is 0.836. The van der Waals surface area contributed by atoms with E-state index in [0.717, 1.165) is 29.4 Å². The number of halogens is 1. The van der Waals surface area contributed by atoms with Gasteiger partial charge in [0.05, 0.1) is 5.25 Å². The van der Waals surface area contributed by atoms with Crippen molar-refractivity contribution < 1.29 is 4.79 Å². The predicted octanol–water partition coefficient (Wildman–Crippen LogP) is 4.08. The highest BCUT2D eigenvalue weighted by atomic mass is 35.5. The lowest BCUT2D eigenvalue weighted by Gasteiger charge is -2.24. The molecule has 0 fully saturated rings. The predicted molar refractivity (Wildman–Crippen MR) is 79.3 cm³/mol. The van der Waals surface area contributed by atoms with Crippen molar-refractivity contribution in [2.45, 2.75) is 37.3 Å². The number of rotatable bonds is 6. The molecule has 0 N–H and O–H groups in total. The third kappa shape index (κ3) is 4.21. The number of hydrogen-bond acceptors (Lipinski definition) is 2. The van der Waals surface area contributed by atoms with E-state index >= 15 is 0 Å². The number of carbonyl (C=O) groups excluding carboxylic acids is 1. The number of carbonyl (C=O) groups is 1. The minimum absolute atomic E-state index is 0.00826. The third-order valence-electron chi connectivity index (χ3n) is 2.81. The van der Waals surface area contributed by atoms with Crippen LogP contribution in [0.1, 0.15) is 27.2 Å². The van der Waals surface area contributed by atoms with Crippen molar-refractivity contribution in [3.05, 3.63) is 29.3 Å². The van der Waals surface area contributed by atoms with Gasteiger partial charge in [-0.1, -0.05) is 18.5 Å². The van der Waals surface area contributed by atoms with Crippen molar-refractivity contribution in [1.29, 1.82) is 0 Å². The average molecular weight is 286 g/mol. The fourth-order valence-corrected chi connectivity index (χ4v) is 2.89. The van der Waals surface area contributed by atoms with E-state index in [4.69, 9.17) is 11.6 Å². The van der Waals surface area contributed by atoms with Gasteiger partial charge in [-0.25, -0.2) is 0 Å². The normalized spacial score (nSPS) is 12.2. The van der Waals surface area contributed by atoms with Gasteiger partial charge in [0.25, 0.3) is 0 Å². The Morgan fingerprint density at radius 1 is 1.22 bits per heavy atom. The zero-order chi connectivity index (χ0) is 13.5. The minimum atomic E-state index is -0.00826. The maximum Gasteiger partial charge on any atom is 0.236 e. The van der Waals surface area contributed by atoms with Gasteiger partial charge in [-0.15, -0.1) is 11.8 Å². The van der Waals surface area contributed by atoms with Gasteiger partial charge >= 0.3 is 0 Å². The maximum atomic E-state index is 12.3. The Balaban J connectivity index is 2.72. The van der Waals surface area contributed by atoms with Gasteiger partial charge in [0.1, 0.15) is 0 Å². The van der Waals surface area contributed by atoms with Crippen LogP contribution in [0.5, 0.6) is 0 Å². The first-order valence-electron chi connectivity index (χ1n) is 6.33. The zero-order valence-corrected chi connectivity index (χ0v) is 12.7. The Bertz CT molecular complexity index is 376. The van der Waals surface area contributed by atoms with Crippen molar-refractivity contribution >= 4 is 29.3 Å². The number of amides is 1. The lowest BCUT2D eigenvalue weighted by atomic mass is 10.3. The first-order valence-corrected chi connectivity index (χ1v) is 7.59. The average Bonchev–Trinajstić information content (AvgIpc) is 2.39. The molecule has 0 aliphatic heterocycles. The van der Waals surface area contributed by atoms with Crippen molar-refractivity contribution in [2.75, 3.05) is 13.1 Å². The molecule has 0 bridgehead atoms. The molecule has 0 aliphatic carbocycles. The van der Waals surface area contributed by atoms with Crippen LogP contribution in [0.15, 0.2) is 29.2 Å². The summed E-state index contributed by atoms with van der Waals surface area (Å²) in [7, 11) is 0. The summed E-state index contributed by atoms with van der Waals surface area (Å²) < 4.78 is 0. The molecule has 0 aliphatic rings. The molecule has 1 rings (SSSR count). The summed E-state index contributed by atoms with van der Waals surface area (Å²) in [5.41, 5.74) is 0. The van der Waals surface area contributed by atoms with Gasteiger partial charge in [0.15, 0.2) is 0 Å². The fourth-order valence-electron chi connectivity index (χ4n) is 1.72. The van der Waals surface area contributed by atoms with E-state index in [1.807, 2.05) is 43.0 Å². The van der Waals surface area contributed by atoms with Gasteiger partial charge in [-0.2, -0.15) is 0 Å². The Labute approximate surface area is 119 Å². The van der Waals surface area contributed by atoms with Crippen LogP contribution in [-0.2, 0) is 4.79 Å². The third-order valence-corrected chi connectivity index (χ3v) is 4.43. The topological polar surface area (TPSA) is 20.3 Å². The van der Waals surface area contributed by atoms with Crippen LogP contribution in [0, 0.1) is 0 Å². The monoisotopic (exact) mass is 285 g/mol. The number of benzene rings is 1. The minimum Gasteiger partial charge on any atom is -0.342 e. The molecule has 4 heteroatoms. The highest BCUT2D eigenvalue weighted by Gasteiger charge is 2.21. The number of hydrogen-bond donors (Lipinski definition) is 0. The molecule has 2 nitrogen and oxygen atoms in total.